The van der Waals surface area contributed by atoms with Gasteiger partial charge in [0.15, 0.2) is 5.76 Å². The molecule has 23 heavy (non-hydrogen) atoms. The molecule has 0 aromatic carbocycles. The van der Waals surface area contributed by atoms with Crippen LogP contribution in [0.25, 0.3) is 0 Å². The quantitative estimate of drug-likeness (QED) is 0.835. The number of rotatable bonds is 6. The molecule has 1 unspecified atom stereocenters. The first-order valence-corrected chi connectivity index (χ1v) is 7.68. The van der Waals surface area contributed by atoms with Crippen LogP contribution in [0.15, 0.2) is 35.3 Å². The van der Waals surface area contributed by atoms with Gasteiger partial charge in [-0.1, -0.05) is 0 Å². The Balaban J connectivity index is 1.55. The smallest absolute Gasteiger partial charge is 0.287 e. The number of aliphatic hydroxyl groups is 1. The van der Waals surface area contributed by atoms with Gasteiger partial charge >= 0.3 is 0 Å². The first kappa shape index (κ1) is 15.8. The molecular formula is C16H21N3O4. The number of methoxy groups -OCH3 is 1. The Bertz CT molecular complexity index is 638. The summed E-state index contributed by atoms with van der Waals surface area (Å²) in [5, 5.41) is 13.0. The standard InChI is InChI=1S/C16H21N3O4/c1-22-9-12-2-3-15(23-12)16(21)18-13-6-11(7-14(13)20)8-19-5-4-17-10-19/h2-5,10-11,13-14,20H,6-9H2,1H3,(H,18,21)/t11?,13-,14-/m1/s1. The molecule has 3 atom stereocenters. The van der Waals surface area contributed by atoms with Crippen LogP contribution in [-0.2, 0) is 17.9 Å². The number of imidazole rings is 1. The number of hydrogen-bond donors (Lipinski definition) is 2. The van der Waals surface area contributed by atoms with Gasteiger partial charge in [-0.2, -0.15) is 0 Å². The first-order chi connectivity index (χ1) is 11.2. The van der Waals surface area contributed by atoms with Crippen LogP contribution in [0.1, 0.15) is 29.2 Å². The van der Waals surface area contributed by atoms with Crippen LogP contribution in [0.2, 0.25) is 0 Å². The molecule has 1 aliphatic rings. The number of aliphatic hydroxyl groups excluding tert-OH is 1. The van der Waals surface area contributed by atoms with Crippen LogP contribution in [-0.4, -0.2) is 39.8 Å². The Hall–Kier alpha value is -2.12. The minimum atomic E-state index is -0.541. The van der Waals surface area contributed by atoms with E-state index >= 15 is 0 Å². The summed E-state index contributed by atoms with van der Waals surface area (Å²) in [7, 11) is 1.57. The van der Waals surface area contributed by atoms with Crippen LogP contribution in [0.4, 0.5) is 0 Å². The van der Waals surface area contributed by atoms with Crippen LogP contribution in [0, 0.1) is 5.92 Å². The van der Waals surface area contributed by atoms with Crippen molar-refractivity contribution in [3.63, 3.8) is 0 Å². The van der Waals surface area contributed by atoms with Crippen molar-refractivity contribution in [3.8, 4) is 0 Å². The van der Waals surface area contributed by atoms with Crippen molar-refractivity contribution >= 4 is 5.91 Å². The second kappa shape index (κ2) is 6.97. The third-order valence-corrected chi connectivity index (χ3v) is 4.14. The SMILES string of the molecule is COCc1ccc(C(=O)N[C@@H]2CC(Cn3ccnc3)C[C@H]2O)o1. The summed E-state index contributed by atoms with van der Waals surface area (Å²) in [4.78, 5) is 16.2. The summed E-state index contributed by atoms with van der Waals surface area (Å²) in [6, 6.07) is 3.08. The third-order valence-electron chi connectivity index (χ3n) is 4.14. The van der Waals surface area contributed by atoms with Crippen LogP contribution in [0.5, 0.6) is 0 Å². The monoisotopic (exact) mass is 319 g/mol. The highest BCUT2D eigenvalue weighted by molar-refractivity contribution is 5.91. The molecule has 0 spiro atoms. The van der Waals surface area contributed by atoms with Gasteiger partial charge in [-0.25, -0.2) is 4.98 Å². The number of nitrogens with zero attached hydrogens (tertiary/aromatic N) is 2. The maximum absolute atomic E-state index is 12.2. The average molecular weight is 319 g/mol. The summed E-state index contributed by atoms with van der Waals surface area (Å²) >= 11 is 0. The molecule has 1 fully saturated rings. The van der Waals surface area contributed by atoms with E-state index in [1.54, 1.807) is 31.8 Å². The highest BCUT2D eigenvalue weighted by Crippen LogP contribution is 2.28. The summed E-state index contributed by atoms with van der Waals surface area (Å²) in [6.07, 6.45) is 6.25. The molecule has 2 aromatic rings. The number of aromatic nitrogens is 2. The molecule has 1 amide bonds. The highest BCUT2D eigenvalue weighted by Gasteiger charge is 2.34. The molecule has 0 aliphatic heterocycles. The molecule has 2 N–H and O–H groups in total. The summed E-state index contributed by atoms with van der Waals surface area (Å²) in [5.74, 6) is 0.842. The largest absolute Gasteiger partial charge is 0.453 e. The fourth-order valence-corrected chi connectivity index (χ4v) is 3.07. The van der Waals surface area contributed by atoms with E-state index in [9.17, 15) is 9.90 Å². The van der Waals surface area contributed by atoms with Crippen LogP contribution >= 0.6 is 0 Å². The van der Waals surface area contributed by atoms with Crippen molar-refractivity contribution in [1.82, 2.24) is 14.9 Å². The maximum Gasteiger partial charge on any atom is 0.287 e. The number of carbonyl (C=O) groups is 1. The van der Waals surface area contributed by atoms with Gasteiger partial charge in [0.25, 0.3) is 5.91 Å². The van der Waals surface area contributed by atoms with Crippen molar-refractivity contribution in [2.45, 2.75) is 38.1 Å². The van der Waals surface area contributed by atoms with Crippen molar-refractivity contribution in [1.29, 1.82) is 0 Å². The Morgan fingerprint density at radius 3 is 3.13 bits per heavy atom. The molecule has 0 bridgehead atoms. The number of furan rings is 1. The molecule has 7 heteroatoms. The van der Waals surface area contributed by atoms with E-state index < -0.39 is 6.10 Å². The Kier molecular flexibility index (Phi) is 4.78. The zero-order chi connectivity index (χ0) is 16.2. The number of nitrogens with one attached hydrogen (secondary N) is 1. The minimum absolute atomic E-state index is 0.238. The number of ether oxygens (including phenoxy) is 1. The molecule has 0 saturated heterocycles. The predicted molar refractivity (Wildman–Crippen MR) is 81.6 cm³/mol. The van der Waals surface area contributed by atoms with Gasteiger partial charge in [0.2, 0.25) is 0 Å². The molecule has 2 heterocycles. The molecule has 1 saturated carbocycles. The van der Waals surface area contributed by atoms with Gasteiger partial charge in [0, 0.05) is 26.0 Å². The normalized spacial score (nSPS) is 24.0. The van der Waals surface area contributed by atoms with Crippen molar-refractivity contribution < 1.29 is 19.1 Å². The first-order valence-electron chi connectivity index (χ1n) is 7.68. The fourth-order valence-electron chi connectivity index (χ4n) is 3.07. The van der Waals surface area contributed by atoms with Gasteiger partial charge in [-0.05, 0) is 30.9 Å². The minimum Gasteiger partial charge on any atom is -0.453 e. The molecule has 2 aromatic heterocycles. The van der Waals surface area contributed by atoms with E-state index in [-0.39, 0.29) is 17.7 Å². The van der Waals surface area contributed by atoms with Crippen molar-refractivity contribution in [2.75, 3.05) is 7.11 Å². The second-order valence-corrected chi connectivity index (χ2v) is 5.94. The lowest BCUT2D eigenvalue weighted by molar-refractivity contribution is 0.0838. The van der Waals surface area contributed by atoms with Gasteiger partial charge < -0.3 is 24.1 Å². The van der Waals surface area contributed by atoms with Crippen molar-refractivity contribution in [3.05, 3.63) is 42.4 Å². The lowest BCUT2D eigenvalue weighted by Gasteiger charge is -2.15. The number of amides is 1. The number of hydrogen-bond acceptors (Lipinski definition) is 5. The van der Waals surface area contributed by atoms with E-state index in [1.807, 2.05) is 10.8 Å². The molecule has 0 radical (unpaired) electrons. The lowest BCUT2D eigenvalue weighted by Crippen LogP contribution is -2.39. The van der Waals surface area contributed by atoms with Gasteiger partial charge in [0.1, 0.15) is 12.4 Å². The van der Waals surface area contributed by atoms with Crippen LogP contribution < -0.4 is 5.32 Å². The van der Waals surface area contributed by atoms with E-state index in [0.717, 1.165) is 13.0 Å². The van der Waals surface area contributed by atoms with Crippen molar-refractivity contribution in [2.24, 2.45) is 5.92 Å². The van der Waals surface area contributed by atoms with E-state index in [2.05, 4.69) is 10.3 Å². The zero-order valence-electron chi connectivity index (χ0n) is 13.0. The van der Waals surface area contributed by atoms with Crippen LogP contribution in [0.3, 0.4) is 0 Å². The topological polar surface area (TPSA) is 89.5 Å². The zero-order valence-corrected chi connectivity index (χ0v) is 13.0. The lowest BCUT2D eigenvalue weighted by atomic mass is 10.1. The Morgan fingerprint density at radius 2 is 2.39 bits per heavy atom. The highest BCUT2D eigenvalue weighted by atomic mass is 16.5. The molecule has 124 valence electrons. The molecule has 7 nitrogen and oxygen atoms in total. The summed E-state index contributed by atoms with van der Waals surface area (Å²) in [5.41, 5.74) is 0. The fraction of sp³-hybridized carbons (Fsp3) is 0.500. The summed E-state index contributed by atoms with van der Waals surface area (Å²) < 4.78 is 12.4. The van der Waals surface area contributed by atoms with E-state index in [0.29, 0.717) is 24.7 Å². The van der Waals surface area contributed by atoms with Gasteiger partial charge in [-0.15, -0.1) is 0 Å². The summed E-state index contributed by atoms with van der Waals surface area (Å²) in [6.45, 7) is 1.12. The van der Waals surface area contributed by atoms with E-state index in [4.69, 9.17) is 9.15 Å². The molecular weight excluding hydrogens is 298 g/mol. The van der Waals surface area contributed by atoms with Gasteiger partial charge in [0.05, 0.1) is 18.5 Å². The Morgan fingerprint density at radius 1 is 1.52 bits per heavy atom. The second-order valence-electron chi connectivity index (χ2n) is 5.94. The van der Waals surface area contributed by atoms with Gasteiger partial charge in [-0.3, -0.25) is 4.79 Å². The molecule has 3 rings (SSSR count). The number of carbonyl (C=O) groups excluding carboxylic acids is 1. The average Bonchev–Trinajstić information content (AvgIpc) is 3.23. The molecule has 1 aliphatic carbocycles. The third kappa shape index (κ3) is 3.80. The van der Waals surface area contributed by atoms with E-state index in [1.165, 1.54) is 0 Å². The Labute approximate surface area is 134 Å². The predicted octanol–water partition coefficient (Wildman–Crippen LogP) is 1.19. The maximum atomic E-state index is 12.2.